The van der Waals surface area contributed by atoms with Crippen LogP contribution in [0, 0.1) is 18.8 Å². The van der Waals surface area contributed by atoms with Gasteiger partial charge in [-0.05, 0) is 24.8 Å². The number of rotatable bonds is 4. The maximum atomic E-state index is 12.2. The first-order valence-electron chi connectivity index (χ1n) is 7.28. The summed E-state index contributed by atoms with van der Waals surface area (Å²) in [6.07, 6.45) is 0.910. The Morgan fingerprint density at radius 2 is 1.91 bits per heavy atom. The van der Waals surface area contributed by atoms with E-state index in [1.165, 1.54) is 11.3 Å². The molecule has 0 saturated heterocycles. The maximum absolute atomic E-state index is 12.2. The minimum absolute atomic E-state index is 0.0177. The van der Waals surface area contributed by atoms with Crippen LogP contribution < -0.4 is 11.1 Å². The second kappa shape index (κ2) is 5.57. The molecular weight excluding hydrogens is 296 g/mol. The van der Waals surface area contributed by atoms with Gasteiger partial charge in [-0.15, -0.1) is 11.3 Å². The molecule has 0 spiro atoms. The van der Waals surface area contributed by atoms with Gasteiger partial charge in [-0.2, -0.15) is 0 Å². The number of anilines is 1. The van der Waals surface area contributed by atoms with E-state index in [1.807, 2.05) is 44.2 Å². The molecule has 22 heavy (non-hydrogen) atoms. The number of primary amides is 1. The monoisotopic (exact) mass is 314 g/mol. The predicted molar refractivity (Wildman–Crippen MR) is 88.9 cm³/mol. The summed E-state index contributed by atoms with van der Waals surface area (Å²) in [5.41, 5.74) is 7.74. The second-order valence-electron chi connectivity index (χ2n) is 5.78. The fourth-order valence-electron chi connectivity index (χ4n) is 2.71. The Labute approximate surface area is 133 Å². The van der Waals surface area contributed by atoms with Crippen LogP contribution in [0.15, 0.2) is 30.3 Å². The van der Waals surface area contributed by atoms with Crippen molar-refractivity contribution >= 4 is 28.2 Å². The standard InChI is InChI=1S/C17H18N2O2S/c1-9-8-12(9)16(21)19-17-14(15(18)20)13(10(2)22-17)11-6-4-3-5-7-11/h3-7,9,12H,8H2,1-2H3,(H2,18,20)(H,19,21)/t9-,12+/m1/s1. The average molecular weight is 314 g/mol. The Balaban J connectivity index is 2.01. The summed E-state index contributed by atoms with van der Waals surface area (Å²) >= 11 is 1.41. The minimum Gasteiger partial charge on any atom is -0.365 e. The third-order valence-corrected chi connectivity index (χ3v) is 5.10. The molecule has 1 saturated carbocycles. The van der Waals surface area contributed by atoms with E-state index < -0.39 is 5.91 Å². The van der Waals surface area contributed by atoms with E-state index in [9.17, 15) is 9.59 Å². The summed E-state index contributed by atoms with van der Waals surface area (Å²) in [7, 11) is 0. The summed E-state index contributed by atoms with van der Waals surface area (Å²) in [4.78, 5) is 25.1. The Kier molecular flexibility index (Phi) is 3.74. The van der Waals surface area contributed by atoms with Gasteiger partial charge >= 0.3 is 0 Å². The van der Waals surface area contributed by atoms with Crippen molar-refractivity contribution in [3.8, 4) is 11.1 Å². The van der Waals surface area contributed by atoms with Crippen molar-refractivity contribution in [2.75, 3.05) is 5.32 Å². The molecule has 2 amide bonds. The summed E-state index contributed by atoms with van der Waals surface area (Å²) in [5, 5.41) is 3.46. The van der Waals surface area contributed by atoms with E-state index >= 15 is 0 Å². The zero-order valence-corrected chi connectivity index (χ0v) is 13.4. The van der Waals surface area contributed by atoms with Gasteiger partial charge < -0.3 is 11.1 Å². The summed E-state index contributed by atoms with van der Waals surface area (Å²) in [6.45, 7) is 3.99. The van der Waals surface area contributed by atoms with Gasteiger partial charge in [0.2, 0.25) is 5.91 Å². The molecule has 5 heteroatoms. The molecule has 0 radical (unpaired) electrons. The van der Waals surface area contributed by atoms with E-state index in [4.69, 9.17) is 5.73 Å². The number of benzene rings is 1. The number of amides is 2. The van der Waals surface area contributed by atoms with Crippen LogP contribution in [-0.4, -0.2) is 11.8 Å². The fraction of sp³-hybridized carbons (Fsp3) is 0.294. The van der Waals surface area contributed by atoms with Gasteiger partial charge in [-0.3, -0.25) is 9.59 Å². The van der Waals surface area contributed by atoms with Crippen LogP contribution in [0.4, 0.5) is 5.00 Å². The van der Waals surface area contributed by atoms with Crippen molar-refractivity contribution in [1.29, 1.82) is 0 Å². The summed E-state index contributed by atoms with van der Waals surface area (Å²) in [5.74, 6) is -0.0480. The fourth-order valence-corrected chi connectivity index (χ4v) is 3.80. The highest BCUT2D eigenvalue weighted by atomic mass is 32.1. The third-order valence-electron chi connectivity index (χ3n) is 4.08. The molecule has 0 bridgehead atoms. The normalized spacial score (nSPS) is 19.7. The average Bonchev–Trinajstić information content (AvgIpc) is 3.12. The zero-order chi connectivity index (χ0) is 15.9. The predicted octanol–water partition coefficient (Wildman–Crippen LogP) is 3.42. The van der Waals surface area contributed by atoms with Crippen LogP contribution in [-0.2, 0) is 4.79 Å². The van der Waals surface area contributed by atoms with E-state index in [0.717, 1.165) is 22.4 Å². The van der Waals surface area contributed by atoms with Crippen LogP contribution in [0.2, 0.25) is 0 Å². The van der Waals surface area contributed by atoms with Crippen molar-refractivity contribution in [1.82, 2.24) is 0 Å². The SMILES string of the molecule is Cc1sc(NC(=O)[C@H]2C[C@H]2C)c(C(N)=O)c1-c1ccccc1. The van der Waals surface area contributed by atoms with Gasteiger partial charge in [-0.25, -0.2) is 0 Å². The van der Waals surface area contributed by atoms with E-state index in [-0.39, 0.29) is 11.8 Å². The van der Waals surface area contributed by atoms with Gasteiger partial charge in [0, 0.05) is 16.4 Å². The Morgan fingerprint density at radius 1 is 1.27 bits per heavy atom. The summed E-state index contributed by atoms with van der Waals surface area (Å²) < 4.78 is 0. The van der Waals surface area contributed by atoms with Crippen LogP contribution >= 0.6 is 11.3 Å². The molecule has 1 fully saturated rings. The number of aryl methyl sites for hydroxylation is 1. The number of nitrogens with two attached hydrogens (primary N) is 1. The largest absolute Gasteiger partial charge is 0.365 e. The number of hydrogen-bond donors (Lipinski definition) is 2. The first kappa shape index (κ1) is 14.8. The van der Waals surface area contributed by atoms with Crippen molar-refractivity contribution in [2.24, 2.45) is 17.6 Å². The van der Waals surface area contributed by atoms with E-state index in [1.54, 1.807) is 0 Å². The Hall–Kier alpha value is -2.14. The lowest BCUT2D eigenvalue weighted by Gasteiger charge is -2.06. The number of carbonyl (C=O) groups is 2. The van der Waals surface area contributed by atoms with Crippen LogP contribution in [0.25, 0.3) is 11.1 Å². The topological polar surface area (TPSA) is 72.2 Å². The van der Waals surface area contributed by atoms with Crippen molar-refractivity contribution in [3.05, 3.63) is 40.8 Å². The molecule has 4 nitrogen and oxygen atoms in total. The first-order valence-corrected chi connectivity index (χ1v) is 8.10. The quantitative estimate of drug-likeness (QED) is 0.907. The molecule has 1 aromatic heterocycles. The molecule has 3 N–H and O–H groups in total. The molecule has 1 aliphatic carbocycles. The molecule has 1 heterocycles. The van der Waals surface area contributed by atoms with Crippen molar-refractivity contribution < 1.29 is 9.59 Å². The zero-order valence-electron chi connectivity index (χ0n) is 12.6. The van der Waals surface area contributed by atoms with E-state index in [2.05, 4.69) is 5.32 Å². The molecule has 2 atom stereocenters. The van der Waals surface area contributed by atoms with Crippen molar-refractivity contribution in [2.45, 2.75) is 20.3 Å². The third kappa shape index (κ3) is 2.64. The highest BCUT2D eigenvalue weighted by molar-refractivity contribution is 7.17. The molecule has 3 rings (SSSR count). The highest BCUT2D eigenvalue weighted by Gasteiger charge is 2.39. The van der Waals surface area contributed by atoms with Gasteiger partial charge in [0.1, 0.15) is 5.00 Å². The number of nitrogens with one attached hydrogen (secondary N) is 1. The molecule has 0 unspecified atom stereocenters. The molecule has 114 valence electrons. The molecule has 0 aliphatic heterocycles. The molecule has 1 aromatic carbocycles. The van der Waals surface area contributed by atoms with E-state index in [0.29, 0.717) is 16.5 Å². The van der Waals surface area contributed by atoms with Gasteiger partial charge in [0.15, 0.2) is 0 Å². The van der Waals surface area contributed by atoms with Crippen LogP contribution in [0.1, 0.15) is 28.6 Å². The minimum atomic E-state index is -0.512. The van der Waals surface area contributed by atoms with Crippen LogP contribution in [0.5, 0.6) is 0 Å². The van der Waals surface area contributed by atoms with Gasteiger partial charge in [0.25, 0.3) is 5.91 Å². The van der Waals surface area contributed by atoms with Crippen LogP contribution in [0.3, 0.4) is 0 Å². The molecule has 2 aromatic rings. The number of thiophene rings is 1. The lowest BCUT2D eigenvalue weighted by Crippen LogP contribution is -2.18. The number of carbonyl (C=O) groups excluding carboxylic acids is 2. The Morgan fingerprint density at radius 3 is 2.45 bits per heavy atom. The Bertz CT molecular complexity index is 737. The molecular formula is C17H18N2O2S. The highest BCUT2D eigenvalue weighted by Crippen LogP contribution is 2.42. The lowest BCUT2D eigenvalue weighted by atomic mass is 10.0. The number of hydrogen-bond acceptors (Lipinski definition) is 3. The van der Waals surface area contributed by atoms with Gasteiger partial charge in [-0.1, -0.05) is 37.3 Å². The lowest BCUT2D eigenvalue weighted by molar-refractivity contribution is -0.117. The second-order valence-corrected chi connectivity index (χ2v) is 7.00. The smallest absolute Gasteiger partial charge is 0.252 e. The van der Waals surface area contributed by atoms with Gasteiger partial charge in [0.05, 0.1) is 5.56 Å². The summed E-state index contributed by atoms with van der Waals surface area (Å²) in [6, 6.07) is 9.64. The van der Waals surface area contributed by atoms with Crippen molar-refractivity contribution in [3.63, 3.8) is 0 Å². The molecule has 1 aliphatic rings. The first-order chi connectivity index (χ1) is 10.5. The maximum Gasteiger partial charge on any atom is 0.252 e.